The zero-order valence-corrected chi connectivity index (χ0v) is 28.4. The molecule has 6 rings (SSSR count). The van der Waals surface area contributed by atoms with E-state index in [1.807, 2.05) is 12.1 Å². The Hall–Kier alpha value is -3.16. The molecule has 1 aromatic heterocycles. The Morgan fingerprint density at radius 1 is 1.00 bits per heavy atom. The average molecular weight is 724 g/mol. The first-order chi connectivity index (χ1) is 23.2. The van der Waals surface area contributed by atoms with Crippen molar-refractivity contribution in [2.24, 2.45) is 5.92 Å². The number of halogens is 4. The second-order valence-electron chi connectivity index (χ2n) is 11.9. The summed E-state index contributed by atoms with van der Waals surface area (Å²) in [6, 6.07) is 11.9. The van der Waals surface area contributed by atoms with Gasteiger partial charge in [-0.25, -0.2) is 9.78 Å². The first-order valence-electron chi connectivity index (χ1n) is 15.8. The number of ether oxygens (including phenoxy) is 4. The number of nitrogens with one attached hydrogen (secondary N) is 1. The number of alkyl halides is 2. The normalized spacial score (nSPS) is 18.9. The molecular formula is C34H36Cl2F2N3O6S+. The molecule has 1 aliphatic carbocycles. The highest BCUT2D eigenvalue weighted by molar-refractivity contribution is 8.00. The van der Waals surface area contributed by atoms with Crippen molar-refractivity contribution in [2.75, 3.05) is 45.2 Å². The van der Waals surface area contributed by atoms with Crippen molar-refractivity contribution < 1.29 is 42.3 Å². The van der Waals surface area contributed by atoms with Gasteiger partial charge in [-0.05, 0) is 54.2 Å². The Kier molecular flexibility index (Phi) is 11.6. The average Bonchev–Trinajstić information content (AvgIpc) is 3.78. The molecule has 14 heteroatoms. The lowest BCUT2D eigenvalue weighted by Gasteiger charge is -2.27. The number of aromatic amines is 1. The Morgan fingerprint density at radius 3 is 2.42 bits per heavy atom. The van der Waals surface area contributed by atoms with E-state index in [9.17, 15) is 18.4 Å². The third-order valence-electron chi connectivity index (χ3n) is 8.44. The fourth-order valence-corrected chi connectivity index (χ4v) is 7.25. The monoisotopic (exact) mass is 722 g/mol. The zero-order chi connectivity index (χ0) is 33.6. The summed E-state index contributed by atoms with van der Waals surface area (Å²) < 4.78 is 48.6. The van der Waals surface area contributed by atoms with Crippen LogP contribution in [0.15, 0.2) is 54.9 Å². The van der Waals surface area contributed by atoms with E-state index in [0.29, 0.717) is 64.8 Å². The molecule has 9 nitrogen and oxygen atoms in total. The molecule has 1 saturated carbocycles. The quantitative estimate of drug-likeness (QED) is 0.197. The summed E-state index contributed by atoms with van der Waals surface area (Å²) >= 11 is 14.3. The number of hydrogen-bond acceptors (Lipinski definition) is 8. The van der Waals surface area contributed by atoms with Gasteiger partial charge < -0.3 is 23.8 Å². The summed E-state index contributed by atoms with van der Waals surface area (Å²) in [7, 11) is 0. The van der Waals surface area contributed by atoms with Crippen molar-refractivity contribution in [3.63, 3.8) is 0 Å². The maximum absolute atomic E-state index is 13.9. The number of amides is 1. The van der Waals surface area contributed by atoms with Gasteiger partial charge in [0.15, 0.2) is 29.3 Å². The molecule has 2 saturated heterocycles. The number of H-pyrrole nitrogens is 1. The van der Waals surface area contributed by atoms with Gasteiger partial charge in [0.25, 0.3) is 5.91 Å². The van der Waals surface area contributed by atoms with Gasteiger partial charge in [-0.1, -0.05) is 41.4 Å². The van der Waals surface area contributed by atoms with Crippen LogP contribution in [0.4, 0.5) is 8.78 Å². The van der Waals surface area contributed by atoms with Crippen molar-refractivity contribution in [1.29, 1.82) is 0 Å². The van der Waals surface area contributed by atoms with Gasteiger partial charge in [-0.15, -0.1) is 11.8 Å². The number of carbonyl (C=O) groups is 2. The Bertz CT molecular complexity index is 1570. The Morgan fingerprint density at radius 2 is 1.73 bits per heavy atom. The van der Waals surface area contributed by atoms with E-state index in [2.05, 4.69) is 9.88 Å². The van der Waals surface area contributed by atoms with Crippen LogP contribution >= 0.6 is 35.0 Å². The first kappa shape index (κ1) is 34.7. The summed E-state index contributed by atoms with van der Waals surface area (Å²) in [4.78, 5) is 34.2. The lowest BCUT2D eigenvalue weighted by molar-refractivity contribution is -0.377. The number of esters is 1. The summed E-state index contributed by atoms with van der Waals surface area (Å²) in [5.41, 5.74) is 2.55. The largest absolute Gasteiger partial charge is 0.489 e. The predicted molar refractivity (Wildman–Crippen MR) is 177 cm³/mol. The van der Waals surface area contributed by atoms with Crippen LogP contribution in [-0.4, -0.2) is 78.9 Å². The molecule has 2 atom stereocenters. The van der Waals surface area contributed by atoms with Crippen LogP contribution in [0.3, 0.4) is 0 Å². The fourth-order valence-electron chi connectivity index (χ4n) is 5.62. The number of morpholine rings is 1. The molecule has 3 aliphatic rings. The van der Waals surface area contributed by atoms with Gasteiger partial charge in [0.05, 0.1) is 19.8 Å². The third kappa shape index (κ3) is 8.89. The van der Waals surface area contributed by atoms with Gasteiger partial charge in [0, 0.05) is 49.5 Å². The summed E-state index contributed by atoms with van der Waals surface area (Å²) in [5, 5.41) is -0.235. The van der Waals surface area contributed by atoms with E-state index >= 15 is 0 Å². The second kappa shape index (κ2) is 16.0. The minimum atomic E-state index is -3.05. The fraction of sp³-hybridized carbons (Fsp3) is 0.441. The molecular weight excluding hydrogens is 687 g/mol. The molecule has 48 heavy (non-hydrogen) atoms. The molecule has 0 radical (unpaired) electrons. The number of pyridine rings is 1. The van der Waals surface area contributed by atoms with E-state index in [1.54, 1.807) is 30.6 Å². The molecule has 1 N–H and O–H groups in total. The molecule has 1 unspecified atom stereocenters. The van der Waals surface area contributed by atoms with Crippen molar-refractivity contribution in [2.45, 2.75) is 43.9 Å². The van der Waals surface area contributed by atoms with Crippen LogP contribution in [0.2, 0.25) is 10.0 Å². The zero-order valence-electron chi connectivity index (χ0n) is 26.0. The molecule has 3 aromatic rings. The van der Waals surface area contributed by atoms with Gasteiger partial charge in [-0.3, -0.25) is 9.69 Å². The van der Waals surface area contributed by atoms with Crippen LogP contribution in [0, 0.1) is 5.92 Å². The number of benzene rings is 2. The highest BCUT2D eigenvalue weighted by Crippen LogP contribution is 2.38. The number of hydrogen-bond donors (Lipinski definition) is 0. The van der Waals surface area contributed by atoms with Crippen LogP contribution in [0.25, 0.3) is 0 Å². The minimum Gasteiger partial charge on any atom is -0.489 e. The van der Waals surface area contributed by atoms with Gasteiger partial charge >= 0.3 is 12.6 Å². The standard InChI is InChI=1S/C34H35Cl2F2N3O6S/c35-26-17-39-18-27(36)25(26)16-29(24-7-8-28(47-34(37)38)30(15-24)45-20-22-1-2-22)46-33(43)32-41(11-14-48-32)31(42)23-5-3-21(4-6-23)19-40-9-12-44-13-10-40/h3-8,15,17-18,22,29,32,34H,1-2,9-14,16,19-20H2/p+1/t29-,32?/m0/s1. The molecule has 0 spiro atoms. The van der Waals surface area contributed by atoms with E-state index in [1.165, 1.54) is 28.8 Å². The Labute approximate surface area is 291 Å². The van der Waals surface area contributed by atoms with Crippen LogP contribution in [0.1, 0.15) is 46.0 Å². The van der Waals surface area contributed by atoms with Crippen LogP contribution < -0.4 is 14.5 Å². The van der Waals surface area contributed by atoms with Gasteiger partial charge in [-0.2, -0.15) is 8.78 Å². The van der Waals surface area contributed by atoms with Crippen LogP contribution in [0.5, 0.6) is 11.5 Å². The van der Waals surface area contributed by atoms with Gasteiger partial charge in [0.1, 0.15) is 16.1 Å². The number of thioether (sulfide) groups is 1. The van der Waals surface area contributed by atoms with E-state index in [0.717, 1.165) is 38.0 Å². The van der Waals surface area contributed by atoms with Crippen molar-refractivity contribution in [1.82, 2.24) is 9.80 Å². The lowest BCUT2D eigenvalue weighted by atomic mass is 10.0. The van der Waals surface area contributed by atoms with Crippen LogP contribution in [-0.2, 0) is 27.2 Å². The second-order valence-corrected chi connectivity index (χ2v) is 13.9. The molecule has 0 bridgehead atoms. The molecule has 3 heterocycles. The van der Waals surface area contributed by atoms with Crippen molar-refractivity contribution >= 4 is 46.8 Å². The summed E-state index contributed by atoms with van der Waals surface area (Å²) in [6.45, 7) is 1.58. The molecule has 256 valence electrons. The number of rotatable bonds is 13. The third-order valence-corrected chi connectivity index (χ3v) is 10.3. The SMILES string of the molecule is O=C(O[C@@H](Cc1c(Cl)c[nH+]cc1Cl)c1ccc(OC(F)F)c(OCC2CC2)c1)C1SCCN1C(=O)c1ccc(CN2CCOCC2)cc1. The lowest BCUT2D eigenvalue weighted by Crippen LogP contribution is -2.40. The maximum atomic E-state index is 13.9. The number of aromatic nitrogens is 1. The summed E-state index contributed by atoms with van der Waals surface area (Å²) in [5.74, 6) is 0.000374. The molecule has 3 fully saturated rings. The highest BCUT2D eigenvalue weighted by Gasteiger charge is 2.38. The topological polar surface area (TPSA) is 91.7 Å². The predicted octanol–water partition coefficient (Wildman–Crippen LogP) is 6.07. The summed E-state index contributed by atoms with van der Waals surface area (Å²) in [6.07, 6.45) is 4.25. The van der Waals surface area contributed by atoms with Gasteiger partial charge in [0.2, 0.25) is 0 Å². The van der Waals surface area contributed by atoms with Crippen molar-refractivity contribution in [3.05, 3.63) is 87.2 Å². The number of carbonyl (C=O) groups excluding carboxylic acids is 2. The smallest absolute Gasteiger partial charge is 0.387 e. The first-order valence-corrected chi connectivity index (χ1v) is 17.6. The number of nitrogens with zero attached hydrogens (tertiary/aromatic N) is 2. The van der Waals surface area contributed by atoms with E-state index < -0.39 is 24.1 Å². The molecule has 2 aromatic carbocycles. The highest BCUT2D eigenvalue weighted by atomic mass is 35.5. The van der Waals surface area contributed by atoms with Crippen molar-refractivity contribution in [3.8, 4) is 11.5 Å². The minimum absolute atomic E-state index is 0.0745. The maximum Gasteiger partial charge on any atom is 0.387 e. The van der Waals surface area contributed by atoms with E-state index in [-0.39, 0.29) is 23.8 Å². The van der Waals surface area contributed by atoms with E-state index in [4.69, 9.17) is 42.1 Å². The molecule has 2 aliphatic heterocycles. The Balaban J connectivity index is 1.21. The molecule has 1 amide bonds.